The van der Waals surface area contributed by atoms with Gasteiger partial charge in [-0.25, -0.2) is 14.4 Å². The van der Waals surface area contributed by atoms with E-state index in [0.717, 1.165) is 0 Å². The topological polar surface area (TPSA) is 61.0 Å². The fourth-order valence-corrected chi connectivity index (χ4v) is 1.16. The lowest BCUT2D eigenvalue weighted by Gasteiger charge is -2.04. The average Bonchev–Trinajstić information content (AvgIpc) is 2.28. The van der Waals surface area contributed by atoms with Gasteiger partial charge in [-0.2, -0.15) is 0 Å². The van der Waals surface area contributed by atoms with Crippen molar-refractivity contribution in [3.05, 3.63) is 48.2 Å². The van der Waals surface area contributed by atoms with Gasteiger partial charge in [0.1, 0.15) is 24.0 Å². The van der Waals surface area contributed by atoms with Gasteiger partial charge in [0.25, 0.3) is 0 Å². The largest absolute Gasteiger partial charge is 0.486 e. The van der Waals surface area contributed by atoms with Crippen molar-refractivity contribution in [2.75, 3.05) is 5.73 Å². The summed E-state index contributed by atoms with van der Waals surface area (Å²) >= 11 is 0. The van der Waals surface area contributed by atoms with Gasteiger partial charge in [-0.15, -0.1) is 0 Å². The summed E-state index contributed by atoms with van der Waals surface area (Å²) in [6, 6.07) is 7.34. The summed E-state index contributed by atoms with van der Waals surface area (Å²) in [5.74, 6) is 1.15. The maximum Gasteiger partial charge on any atom is 0.168 e. The lowest BCUT2D eigenvalue weighted by molar-refractivity contribution is 0.295. The van der Waals surface area contributed by atoms with Gasteiger partial charge in [0, 0.05) is 6.20 Å². The third kappa shape index (κ3) is 2.66. The number of nitrogens with two attached hydrogens (primary N) is 1. The average molecular weight is 219 g/mol. The number of nitrogens with zero attached hydrogens (tertiary/aromatic N) is 2. The summed E-state index contributed by atoms with van der Waals surface area (Å²) in [6.07, 6.45) is 1.56. The van der Waals surface area contributed by atoms with E-state index in [9.17, 15) is 4.39 Å². The number of rotatable bonds is 3. The van der Waals surface area contributed by atoms with Crippen LogP contribution in [0.4, 0.5) is 10.2 Å². The molecule has 1 aromatic heterocycles. The highest BCUT2D eigenvalue weighted by Gasteiger charge is 1.99. The molecule has 0 saturated carbocycles. The molecular formula is C11H10FN3O. The number of benzene rings is 1. The summed E-state index contributed by atoms with van der Waals surface area (Å²) in [6.45, 7) is 0.205. The Kier molecular flexibility index (Phi) is 2.95. The molecule has 0 fully saturated rings. The standard InChI is InChI=1S/C11H10FN3O/c12-8-1-3-9(4-2-8)16-7-11-14-6-5-10(13)15-11/h1-6H,7H2,(H2,13,14,15). The molecule has 4 nitrogen and oxygen atoms in total. The number of halogens is 1. The summed E-state index contributed by atoms with van der Waals surface area (Å²) in [5.41, 5.74) is 5.49. The van der Waals surface area contributed by atoms with Gasteiger partial charge < -0.3 is 10.5 Å². The van der Waals surface area contributed by atoms with Crippen LogP contribution in [0, 0.1) is 5.82 Å². The van der Waals surface area contributed by atoms with Crippen molar-refractivity contribution in [2.45, 2.75) is 6.61 Å². The number of aromatic nitrogens is 2. The van der Waals surface area contributed by atoms with Crippen LogP contribution in [0.5, 0.6) is 5.75 Å². The van der Waals surface area contributed by atoms with Crippen LogP contribution in [0.25, 0.3) is 0 Å². The third-order valence-electron chi connectivity index (χ3n) is 1.91. The van der Waals surface area contributed by atoms with E-state index in [0.29, 0.717) is 17.4 Å². The SMILES string of the molecule is Nc1ccnc(COc2ccc(F)cc2)n1. The highest BCUT2D eigenvalue weighted by molar-refractivity contribution is 5.25. The van der Waals surface area contributed by atoms with Crippen LogP contribution >= 0.6 is 0 Å². The summed E-state index contributed by atoms with van der Waals surface area (Å²) in [7, 11) is 0. The number of nitrogen functional groups attached to an aromatic ring is 1. The number of hydrogen-bond donors (Lipinski definition) is 1. The lowest BCUT2D eigenvalue weighted by atomic mass is 10.3. The van der Waals surface area contributed by atoms with E-state index >= 15 is 0 Å². The first-order valence-electron chi connectivity index (χ1n) is 4.70. The number of anilines is 1. The van der Waals surface area contributed by atoms with Crippen LogP contribution in [-0.4, -0.2) is 9.97 Å². The van der Waals surface area contributed by atoms with Crippen molar-refractivity contribution in [3.8, 4) is 5.75 Å². The zero-order chi connectivity index (χ0) is 11.4. The Morgan fingerprint density at radius 2 is 1.94 bits per heavy atom. The molecule has 0 aliphatic heterocycles. The monoisotopic (exact) mass is 219 g/mol. The Labute approximate surface area is 91.9 Å². The minimum Gasteiger partial charge on any atom is -0.486 e. The van der Waals surface area contributed by atoms with Gasteiger partial charge in [0.05, 0.1) is 0 Å². The van der Waals surface area contributed by atoms with Crippen LogP contribution in [0.15, 0.2) is 36.5 Å². The molecule has 0 aliphatic rings. The highest BCUT2D eigenvalue weighted by Crippen LogP contribution is 2.12. The molecule has 0 saturated heterocycles. The Hall–Kier alpha value is -2.17. The van der Waals surface area contributed by atoms with Gasteiger partial charge >= 0.3 is 0 Å². The van der Waals surface area contributed by atoms with Crippen molar-refractivity contribution in [1.82, 2.24) is 9.97 Å². The first-order chi connectivity index (χ1) is 7.74. The van der Waals surface area contributed by atoms with Crippen LogP contribution < -0.4 is 10.5 Å². The molecule has 0 atom stereocenters. The van der Waals surface area contributed by atoms with Crippen molar-refractivity contribution in [1.29, 1.82) is 0 Å². The van der Waals surface area contributed by atoms with Gasteiger partial charge in [-0.3, -0.25) is 0 Å². The van der Waals surface area contributed by atoms with Crippen LogP contribution in [-0.2, 0) is 6.61 Å². The van der Waals surface area contributed by atoms with Crippen LogP contribution in [0.3, 0.4) is 0 Å². The quantitative estimate of drug-likeness (QED) is 0.854. The van der Waals surface area contributed by atoms with E-state index in [-0.39, 0.29) is 12.4 Å². The molecule has 0 amide bonds. The maximum atomic E-state index is 12.6. The van der Waals surface area contributed by atoms with E-state index in [1.54, 1.807) is 24.4 Å². The second kappa shape index (κ2) is 4.57. The van der Waals surface area contributed by atoms with Crippen molar-refractivity contribution in [3.63, 3.8) is 0 Å². The molecule has 2 aromatic rings. The summed E-state index contributed by atoms with van der Waals surface area (Å²) < 4.78 is 18.0. The molecule has 5 heteroatoms. The fraction of sp³-hybridized carbons (Fsp3) is 0.0909. The van der Waals surface area contributed by atoms with E-state index < -0.39 is 0 Å². The van der Waals surface area contributed by atoms with Crippen molar-refractivity contribution in [2.24, 2.45) is 0 Å². The maximum absolute atomic E-state index is 12.6. The van der Waals surface area contributed by atoms with Gasteiger partial charge in [0.2, 0.25) is 0 Å². The number of ether oxygens (including phenoxy) is 1. The second-order valence-electron chi connectivity index (χ2n) is 3.14. The molecule has 1 aromatic carbocycles. The first-order valence-corrected chi connectivity index (χ1v) is 4.70. The molecule has 82 valence electrons. The number of hydrogen-bond acceptors (Lipinski definition) is 4. The first kappa shape index (κ1) is 10.4. The molecule has 2 N–H and O–H groups in total. The van der Waals surface area contributed by atoms with Crippen LogP contribution in [0.2, 0.25) is 0 Å². The molecule has 0 radical (unpaired) electrons. The van der Waals surface area contributed by atoms with Gasteiger partial charge in [-0.05, 0) is 30.3 Å². The van der Waals surface area contributed by atoms with E-state index in [2.05, 4.69) is 9.97 Å². The van der Waals surface area contributed by atoms with Gasteiger partial charge in [-0.1, -0.05) is 0 Å². The molecule has 0 spiro atoms. The Morgan fingerprint density at radius 1 is 1.19 bits per heavy atom. The zero-order valence-corrected chi connectivity index (χ0v) is 8.43. The fourth-order valence-electron chi connectivity index (χ4n) is 1.16. The molecule has 16 heavy (non-hydrogen) atoms. The zero-order valence-electron chi connectivity index (χ0n) is 8.43. The highest BCUT2D eigenvalue weighted by atomic mass is 19.1. The van der Waals surface area contributed by atoms with Crippen LogP contribution in [0.1, 0.15) is 5.82 Å². The van der Waals surface area contributed by atoms with Crippen molar-refractivity contribution >= 4 is 5.82 Å². The minimum absolute atomic E-state index is 0.205. The Morgan fingerprint density at radius 3 is 2.62 bits per heavy atom. The third-order valence-corrected chi connectivity index (χ3v) is 1.91. The minimum atomic E-state index is -0.299. The predicted molar refractivity (Wildman–Crippen MR) is 57.2 cm³/mol. The van der Waals surface area contributed by atoms with Gasteiger partial charge in [0.15, 0.2) is 5.82 Å². The lowest BCUT2D eigenvalue weighted by Crippen LogP contribution is -2.03. The summed E-state index contributed by atoms with van der Waals surface area (Å²) in [5, 5.41) is 0. The Bertz CT molecular complexity index is 473. The molecular weight excluding hydrogens is 209 g/mol. The van der Waals surface area contributed by atoms with Crippen molar-refractivity contribution < 1.29 is 9.13 Å². The summed E-state index contributed by atoms with van der Waals surface area (Å²) in [4.78, 5) is 7.96. The Balaban J connectivity index is 1.99. The predicted octanol–water partition coefficient (Wildman–Crippen LogP) is 1.78. The normalized spacial score (nSPS) is 10.1. The second-order valence-corrected chi connectivity index (χ2v) is 3.14. The molecule has 2 rings (SSSR count). The molecule has 1 heterocycles. The molecule has 0 aliphatic carbocycles. The van der Waals surface area contributed by atoms with E-state index in [1.165, 1.54) is 12.1 Å². The van der Waals surface area contributed by atoms with E-state index in [1.807, 2.05) is 0 Å². The van der Waals surface area contributed by atoms with E-state index in [4.69, 9.17) is 10.5 Å². The smallest absolute Gasteiger partial charge is 0.168 e. The molecule has 0 unspecified atom stereocenters. The molecule has 0 bridgehead atoms.